The van der Waals surface area contributed by atoms with Gasteiger partial charge in [-0.25, -0.2) is 8.42 Å². The van der Waals surface area contributed by atoms with Crippen LogP contribution < -0.4 is 9.62 Å². The Kier molecular flexibility index (Phi) is 7.99. The van der Waals surface area contributed by atoms with E-state index >= 15 is 0 Å². The van der Waals surface area contributed by atoms with Gasteiger partial charge < -0.3 is 5.32 Å². The van der Waals surface area contributed by atoms with Crippen LogP contribution >= 0.6 is 23.2 Å². The van der Waals surface area contributed by atoms with Crippen LogP contribution in [-0.4, -0.2) is 20.9 Å². The van der Waals surface area contributed by atoms with Crippen molar-refractivity contribution in [2.24, 2.45) is 0 Å². The summed E-state index contributed by atoms with van der Waals surface area (Å²) < 4.78 is 28.2. The molecule has 0 aromatic heterocycles. The van der Waals surface area contributed by atoms with Crippen LogP contribution in [0.1, 0.15) is 22.7 Å². The van der Waals surface area contributed by atoms with Crippen LogP contribution in [0.15, 0.2) is 108 Å². The van der Waals surface area contributed by atoms with Crippen LogP contribution in [0.3, 0.4) is 0 Å². The highest BCUT2D eigenvalue weighted by Gasteiger charge is 2.29. The standard InChI is InChI=1S/C28H24Cl2N2O3S/c1-20-12-14-22(15-13-20)28(21-8-4-2-5-9-21)31-27(33)19-32(23-16-17-25(29)26(30)18-23)36(34,35)24-10-6-3-7-11-24/h2-18,28H,19H2,1H3,(H,31,33)/t28-/m0/s1. The Bertz CT molecular complexity index is 1450. The molecule has 0 bridgehead atoms. The first-order valence-electron chi connectivity index (χ1n) is 11.2. The number of nitrogens with zero attached hydrogens (tertiary/aromatic N) is 1. The molecule has 1 N–H and O–H groups in total. The minimum atomic E-state index is -4.08. The summed E-state index contributed by atoms with van der Waals surface area (Å²) in [5.41, 5.74) is 3.08. The molecule has 0 radical (unpaired) electrons. The van der Waals surface area contributed by atoms with E-state index in [-0.39, 0.29) is 20.6 Å². The van der Waals surface area contributed by atoms with Crippen LogP contribution in [0, 0.1) is 6.92 Å². The van der Waals surface area contributed by atoms with Crippen molar-refractivity contribution in [3.05, 3.63) is 130 Å². The topological polar surface area (TPSA) is 66.5 Å². The van der Waals surface area contributed by atoms with Gasteiger partial charge in [0.25, 0.3) is 10.0 Å². The zero-order chi connectivity index (χ0) is 25.7. The van der Waals surface area contributed by atoms with Gasteiger partial charge >= 0.3 is 0 Å². The quantitative estimate of drug-likeness (QED) is 0.282. The summed E-state index contributed by atoms with van der Waals surface area (Å²) >= 11 is 12.3. The highest BCUT2D eigenvalue weighted by molar-refractivity contribution is 7.92. The van der Waals surface area contributed by atoms with Crippen LogP contribution in [0.25, 0.3) is 0 Å². The van der Waals surface area contributed by atoms with Crippen LogP contribution in [0.2, 0.25) is 10.0 Å². The molecule has 4 aromatic carbocycles. The summed E-state index contributed by atoms with van der Waals surface area (Å²) in [5.74, 6) is -0.477. The fraction of sp³-hybridized carbons (Fsp3) is 0.107. The van der Waals surface area contributed by atoms with Gasteiger partial charge in [-0.15, -0.1) is 0 Å². The molecule has 184 valence electrons. The maximum Gasteiger partial charge on any atom is 0.264 e. The number of rotatable bonds is 8. The van der Waals surface area contributed by atoms with Crippen molar-refractivity contribution in [1.82, 2.24) is 5.32 Å². The number of sulfonamides is 1. The number of carbonyl (C=O) groups excluding carboxylic acids is 1. The molecule has 0 spiro atoms. The lowest BCUT2D eigenvalue weighted by atomic mass is 9.98. The second-order valence-corrected chi connectivity index (χ2v) is 10.9. The fourth-order valence-corrected chi connectivity index (χ4v) is 5.50. The Balaban J connectivity index is 1.69. The Labute approximate surface area is 221 Å². The Morgan fingerprint density at radius 1 is 0.806 bits per heavy atom. The summed E-state index contributed by atoms with van der Waals surface area (Å²) in [7, 11) is -4.08. The van der Waals surface area contributed by atoms with Crippen molar-refractivity contribution in [2.75, 3.05) is 10.8 Å². The first kappa shape index (κ1) is 25.8. The van der Waals surface area contributed by atoms with Crippen molar-refractivity contribution in [1.29, 1.82) is 0 Å². The maximum atomic E-state index is 13.6. The maximum absolute atomic E-state index is 13.6. The average molecular weight is 539 g/mol. The molecule has 0 unspecified atom stereocenters. The van der Waals surface area contributed by atoms with Crippen molar-refractivity contribution < 1.29 is 13.2 Å². The first-order valence-corrected chi connectivity index (χ1v) is 13.4. The lowest BCUT2D eigenvalue weighted by Gasteiger charge is -2.26. The van der Waals surface area contributed by atoms with Crippen LogP contribution in [-0.2, 0) is 14.8 Å². The third kappa shape index (κ3) is 5.90. The molecular weight excluding hydrogens is 515 g/mol. The number of benzene rings is 4. The molecule has 8 heteroatoms. The lowest BCUT2D eigenvalue weighted by Crippen LogP contribution is -2.42. The first-order chi connectivity index (χ1) is 17.3. The monoisotopic (exact) mass is 538 g/mol. The number of anilines is 1. The zero-order valence-corrected chi connectivity index (χ0v) is 21.8. The number of aryl methyl sites for hydroxylation is 1. The smallest absolute Gasteiger partial charge is 0.264 e. The molecule has 1 amide bonds. The largest absolute Gasteiger partial charge is 0.344 e. The minimum Gasteiger partial charge on any atom is -0.344 e. The molecule has 36 heavy (non-hydrogen) atoms. The molecule has 0 saturated heterocycles. The van der Waals surface area contributed by atoms with Gasteiger partial charge in [-0.3, -0.25) is 9.10 Å². The van der Waals surface area contributed by atoms with E-state index in [9.17, 15) is 13.2 Å². The SMILES string of the molecule is Cc1ccc([C@@H](NC(=O)CN(c2ccc(Cl)c(Cl)c2)S(=O)(=O)c2ccccc2)c2ccccc2)cc1. The molecule has 0 saturated carbocycles. The Hall–Kier alpha value is -3.32. The van der Waals surface area contributed by atoms with Crippen molar-refractivity contribution >= 4 is 44.8 Å². The molecule has 1 atom stereocenters. The van der Waals surface area contributed by atoms with Gasteiger partial charge in [-0.2, -0.15) is 0 Å². The van der Waals surface area contributed by atoms with E-state index in [4.69, 9.17) is 23.2 Å². The number of nitrogens with one attached hydrogen (secondary N) is 1. The van der Waals surface area contributed by atoms with Crippen LogP contribution in [0.5, 0.6) is 0 Å². The molecule has 5 nitrogen and oxygen atoms in total. The molecule has 0 heterocycles. The fourth-order valence-electron chi connectivity index (χ4n) is 3.78. The zero-order valence-electron chi connectivity index (χ0n) is 19.4. The third-order valence-corrected chi connectivity index (χ3v) is 8.19. The lowest BCUT2D eigenvalue weighted by molar-refractivity contribution is -0.120. The van der Waals surface area contributed by atoms with Gasteiger partial charge in [0.05, 0.1) is 26.7 Å². The number of amides is 1. The van der Waals surface area contributed by atoms with Gasteiger partial charge in [-0.1, -0.05) is 102 Å². The van der Waals surface area contributed by atoms with E-state index in [2.05, 4.69) is 5.32 Å². The molecule has 4 rings (SSSR count). The van der Waals surface area contributed by atoms with Crippen molar-refractivity contribution in [3.8, 4) is 0 Å². The second kappa shape index (κ2) is 11.2. The van der Waals surface area contributed by atoms with E-state index in [1.165, 1.54) is 30.3 Å². The number of carbonyl (C=O) groups is 1. The van der Waals surface area contributed by atoms with E-state index in [1.807, 2.05) is 61.5 Å². The van der Waals surface area contributed by atoms with E-state index in [1.54, 1.807) is 18.2 Å². The summed E-state index contributed by atoms with van der Waals surface area (Å²) in [6.07, 6.45) is 0. The van der Waals surface area contributed by atoms with Gasteiger partial charge in [0.2, 0.25) is 5.91 Å². The predicted molar refractivity (Wildman–Crippen MR) is 145 cm³/mol. The summed E-state index contributed by atoms with van der Waals surface area (Å²) in [5, 5.41) is 3.48. The molecule has 0 aliphatic carbocycles. The normalized spacial score (nSPS) is 12.1. The minimum absolute atomic E-state index is 0.0574. The predicted octanol–water partition coefficient (Wildman–Crippen LogP) is 6.40. The number of halogens is 2. The van der Waals surface area contributed by atoms with E-state index in [0.29, 0.717) is 0 Å². The third-order valence-electron chi connectivity index (χ3n) is 5.66. The number of hydrogen-bond donors (Lipinski definition) is 1. The molecular formula is C28H24Cl2N2O3S. The molecule has 4 aromatic rings. The Morgan fingerprint density at radius 3 is 2.00 bits per heavy atom. The molecule has 0 aliphatic rings. The van der Waals surface area contributed by atoms with Crippen molar-refractivity contribution in [2.45, 2.75) is 17.9 Å². The van der Waals surface area contributed by atoms with Crippen LogP contribution in [0.4, 0.5) is 5.69 Å². The van der Waals surface area contributed by atoms with E-state index in [0.717, 1.165) is 21.0 Å². The van der Waals surface area contributed by atoms with E-state index < -0.39 is 28.5 Å². The average Bonchev–Trinajstić information content (AvgIpc) is 2.89. The van der Waals surface area contributed by atoms with Gasteiger partial charge in [-0.05, 0) is 48.4 Å². The highest BCUT2D eigenvalue weighted by Crippen LogP contribution is 2.31. The molecule has 0 fully saturated rings. The van der Waals surface area contributed by atoms with Gasteiger partial charge in [0, 0.05) is 0 Å². The van der Waals surface area contributed by atoms with Gasteiger partial charge in [0.15, 0.2) is 0 Å². The summed E-state index contributed by atoms with van der Waals surface area (Å²) in [4.78, 5) is 13.5. The van der Waals surface area contributed by atoms with Gasteiger partial charge in [0.1, 0.15) is 6.54 Å². The molecule has 0 aliphatic heterocycles. The highest BCUT2D eigenvalue weighted by atomic mass is 35.5. The van der Waals surface area contributed by atoms with Crippen molar-refractivity contribution in [3.63, 3.8) is 0 Å². The second-order valence-electron chi connectivity index (χ2n) is 8.25. The summed E-state index contributed by atoms with van der Waals surface area (Å²) in [6, 6.07) is 29.3. The number of hydrogen-bond acceptors (Lipinski definition) is 3. The summed E-state index contributed by atoms with van der Waals surface area (Å²) in [6.45, 7) is 1.54. The Morgan fingerprint density at radius 2 is 1.39 bits per heavy atom.